The quantitative estimate of drug-likeness (QED) is 0.847. The standard InChI is InChI=1S/C14H17N3/c1-10-12(8-9-13(16-2)17-10)14(15)11-6-4-3-5-7-11/h3-9,14H,15H2,1-2H3,(H,16,17)/t14-/m0/s1. The van der Waals surface area contributed by atoms with Crippen molar-refractivity contribution < 1.29 is 0 Å². The molecule has 0 fully saturated rings. The van der Waals surface area contributed by atoms with Crippen LogP contribution < -0.4 is 11.1 Å². The fourth-order valence-corrected chi connectivity index (χ4v) is 1.88. The molecule has 0 saturated heterocycles. The molecule has 0 amide bonds. The number of benzene rings is 1. The summed E-state index contributed by atoms with van der Waals surface area (Å²) >= 11 is 0. The van der Waals surface area contributed by atoms with Crippen molar-refractivity contribution in [2.75, 3.05) is 12.4 Å². The van der Waals surface area contributed by atoms with E-state index in [4.69, 9.17) is 5.73 Å². The van der Waals surface area contributed by atoms with Crippen molar-refractivity contribution in [2.45, 2.75) is 13.0 Å². The molecule has 0 radical (unpaired) electrons. The Morgan fingerprint density at radius 1 is 1.12 bits per heavy atom. The van der Waals surface area contributed by atoms with Crippen LogP contribution in [0, 0.1) is 6.92 Å². The minimum absolute atomic E-state index is 0.116. The van der Waals surface area contributed by atoms with Crippen LogP contribution in [0.1, 0.15) is 22.9 Å². The molecule has 1 heterocycles. The molecule has 0 spiro atoms. The lowest BCUT2D eigenvalue weighted by Gasteiger charge is -2.15. The zero-order valence-electron chi connectivity index (χ0n) is 10.1. The molecule has 2 rings (SSSR count). The topological polar surface area (TPSA) is 50.9 Å². The summed E-state index contributed by atoms with van der Waals surface area (Å²) in [4.78, 5) is 4.45. The van der Waals surface area contributed by atoms with E-state index < -0.39 is 0 Å². The van der Waals surface area contributed by atoms with E-state index in [0.29, 0.717) is 0 Å². The molecule has 2 aromatic rings. The molecule has 0 aliphatic heterocycles. The number of rotatable bonds is 3. The van der Waals surface area contributed by atoms with Gasteiger partial charge < -0.3 is 11.1 Å². The number of hydrogen-bond acceptors (Lipinski definition) is 3. The monoisotopic (exact) mass is 227 g/mol. The molecule has 1 aromatic heterocycles. The first-order chi connectivity index (χ1) is 8.22. The van der Waals surface area contributed by atoms with Crippen molar-refractivity contribution in [3.63, 3.8) is 0 Å². The number of nitrogens with one attached hydrogen (secondary N) is 1. The Hall–Kier alpha value is -1.87. The molecule has 17 heavy (non-hydrogen) atoms. The van der Waals surface area contributed by atoms with Gasteiger partial charge in [0.15, 0.2) is 0 Å². The van der Waals surface area contributed by atoms with Crippen LogP contribution in [0.5, 0.6) is 0 Å². The third-order valence-corrected chi connectivity index (χ3v) is 2.88. The van der Waals surface area contributed by atoms with Gasteiger partial charge >= 0.3 is 0 Å². The predicted molar refractivity (Wildman–Crippen MR) is 71.0 cm³/mol. The van der Waals surface area contributed by atoms with Crippen LogP contribution in [0.15, 0.2) is 42.5 Å². The zero-order valence-corrected chi connectivity index (χ0v) is 10.1. The van der Waals surface area contributed by atoms with Crippen molar-refractivity contribution in [1.29, 1.82) is 0 Å². The molecular formula is C14H17N3. The van der Waals surface area contributed by atoms with Gasteiger partial charge in [0.25, 0.3) is 0 Å². The maximum atomic E-state index is 6.25. The van der Waals surface area contributed by atoms with Gasteiger partial charge in [0, 0.05) is 12.7 Å². The van der Waals surface area contributed by atoms with E-state index in [1.54, 1.807) is 0 Å². The highest BCUT2D eigenvalue weighted by atomic mass is 15.0. The lowest BCUT2D eigenvalue weighted by atomic mass is 9.99. The van der Waals surface area contributed by atoms with Gasteiger partial charge in [0.2, 0.25) is 0 Å². The van der Waals surface area contributed by atoms with Gasteiger partial charge in [-0.1, -0.05) is 36.4 Å². The number of nitrogens with two attached hydrogens (primary N) is 1. The molecular weight excluding hydrogens is 210 g/mol. The summed E-state index contributed by atoms with van der Waals surface area (Å²) in [6.07, 6.45) is 0. The molecule has 0 bridgehead atoms. The summed E-state index contributed by atoms with van der Waals surface area (Å²) in [6.45, 7) is 1.99. The largest absolute Gasteiger partial charge is 0.373 e. The van der Waals surface area contributed by atoms with E-state index in [1.165, 1.54) is 0 Å². The Morgan fingerprint density at radius 3 is 2.41 bits per heavy atom. The van der Waals surface area contributed by atoms with Crippen LogP contribution >= 0.6 is 0 Å². The van der Waals surface area contributed by atoms with Gasteiger partial charge in [-0.25, -0.2) is 4.98 Å². The molecule has 3 N–H and O–H groups in total. The third-order valence-electron chi connectivity index (χ3n) is 2.88. The maximum Gasteiger partial charge on any atom is 0.125 e. The summed E-state index contributed by atoms with van der Waals surface area (Å²) in [5.74, 6) is 0.867. The Morgan fingerprint density at radius 2 is 1.82 bits per heavy atom. The van der Waals surface area contributed by atoms with Crippen LogP contribution in [-0.4, -0.2) is 12.0 Å². The Balaban J connectivity index is 2.34. The van der Waals surface area contributed by atoms with Gasteiger partial charge in [-0.2, -0.15) is 0 Å². The molecule has 1 aromatic carbocycles. The van der Waals surface area contributed by atoms with Crippen molar-refractivity contribution in [3.8, 4) is 0 Å². The highest BCUT2D eigenvalue weighted by Gasteiger charge is 2.11. The summed E-state index contributed by atoms with van der Waals surface area (Å²) in [7, 11) is 1.86. The molecule has 3 heteroatoms. The van der Waals surface area contributed by atoms with E-state index in [0.717, 1.165) is 22.6 Å². The Labute approximate surface area is 102 Å². The molecule has 0 unspecified atom stereocenters. The molecule has 3 nitrogen and oxygen atoms in total. The third kappa shape index (κ3) is 2.45. The number of aromatic nitrogens is 1. The molecule has 88 valence electrons. The van der Waals surface area contributed by atoms with Crippen LogP contribution in [0.2, 0.25) is 0 Å². The van der Waals surface area contributed by atoms with Crippen molar-refractivity contribution >= 4 is 5.82 Å². The van der Waals surface area contributed by atoms with E-state index >= 15 is 0 Å². The first-order valence-electron chi connectivity index (χ1n) is 5.68. The van der Waals surface area contributed by atoms with Crippen LogP contribution in [-0.2, 0) is 0 Å². The van der Waals surface area contributed by atoms with Crippen molar-refractivity contribution in [3.05, 3.63) is 59.3 Å². The van der Waals surface area contributed by atoms with Gasteiger partial charge in [-0.3, -0.25) is 0 Å². The second kappa shape index (κ2) is 4.97. The minimum atomic E-state index is -0.116. The fraction of sp³-hybridized carbons (Fsp3) is 0.214. The summed E-state index contributed by atoms with van der Waals surface area (Å²) < 4.78 is 0. The Kier molecular flexibility index (Phi) is 3.40. The number of anilines is 1. The van der Waals surface area contributed by atoms with E-state index in [2.05, 4.69) is 10.3 Å². The lowest BCUT2D eigenvalue weighted by molar-refractivity contribution is 0.849. The van der Waals surface area contributed by atoms with Crippen LogP contribution in [0.4, 0.5) is 5.82 Å². The highest BCUT2D eigenvalue weighted by Crippen LogP contribution is 2.22. The van der Waals surface area contributed by atoms with E-state index in [-0.39, 0.29) is 6.04 Å². The zero-order chi connectivity index (χ0) is 12.3. The second-order valence-electron chi connectivity index (χ2n) is 4.01. The lowest BCUT2D eigenvalue weighted by Crippen LogP contribution is -2.14. The van der Waals surface area contributed by atoms with Gasteiger partial charge in [0.1, 0.15) is 5.82 Å². The van der Waals surface area contributed by atoms with Gasteiger partial charge in [-0.05, 0) is 24.1 Å². The summed E-state index contributed by atoms with van der Waals surface area (Å²) in [5.41, 5.74) is 9.39. The SMILES string of the molecule is CNc1ccc([C@@H](N)c2ccccc2)c(C)n1. The number of aryl methyl sites for hydroxylation is 1. The Bertz CT molecular complexity index is 494. The van der Waals surface area contributed by atoms with Gasteiger partial charge in [-0.15, -0.1) is 0 Å². The van der Waals surface area contributed by atoms with E-state index in [1.807, 2.05) is 56.4 Å². The average Bonchev–Trinajstić information content (AvgIpc) is 2.39. The molecule has 0 saturated carbocycles. The minimum Gasteiger partial charge on any atom is -0.373 e. The van der Waals surface area contributed by atoms with Gasteiger partial charge in [0.05, 0.1) is 6.04 Å². The normalized spacial score (nSPS) is 12.2. The first kappa shape index (κ1) is 11.6. The van der Waals surface area contributed by atoms with Crippen LogP contribution in [0.3, 0.4) is 0 Å². The van der Waals surface area contributed by atoms with E-state index in [9.17, 15) is 0 Å². The summed E-state index contributed by atoms with van der Waals surface area (Å²) in [6, 6.07) is 13.9. The molecule has 0 aliphatic carbocycles. The first-order valence-corrected chi connectivity index (χ1v) is 5.68. The molecule has 1 atom stereocenters. The predicted octanol–water partition coefficient (Wildman–Crippen LogP) is 2.48. The number of pyridine rings is 1. The number of nitrogens with zero attached hydrogens (tertiary/aromatic N) is 1. The van der Waals surface area contributed by atoms with Crippen molar-refractivity contribution in [2.24, 2.45) is 5.73 Å². The second-order valence-corrected chi connectivity index (χ2v) is 4.01. The summed E-state index contributed by atoms with van der Waals surface area (Å²) in [5, 5.41) is 3.02. The highest BCUT2D eigenvalue weighted by molar-refractivity contribution is 5.41. The fourth-order valence-electron chi connectivity index (χ4n) is 1.88. The van der Waals surface area contributed by atoms with Crippen molar-refractivity contribution in [1.82, 2.24) is 4.98 Å². The molecule has 0 aliphatic rings. The number of hydrogen-bond donors (Lipinski definition) is 2. The average molecular weight is 227 g/mol. The van der Waals surface area contributed by atoms with Crippen LogP contribution in [0.25, 0.3) is 0 Å². The smallest absolute Gasteiger partial charge is 0.125 e. The maximum absolute atomic E-state index is 6.25.